The van der Waals surface area contributed by atoms with Gasteiger partial charge in [-0.3, -0.25) is 4.79 Å². The van der Waals surface area contributed by atoms with Crippen LogP contribution in [0.4, 0.5) is 5.69 Å². The first-order valence-corrected chi connectivity index (χ1v) is 6.91. The Morgan fingerprint density at radius 1 is 1.37 bits per heavy atom. The molecule has 1 aromatic carbocycles. The first-order valence-electron chi connectivity index (χ1n) is 6.91. The lowest BCUT2D eigenvalue weighted by Crippen LogP contribution is -2.31. The topological polar surface area (TPSA) is 64.3 Å². The summed E-state index contributed by atoms with van der Waals surface area (Å²) in [6.07, 6.45) is 5.66. The van der Waals surface area contributed by atoms with Gasteiger partial charge in [0.1, 0.15) is 5.75 Å². The van der Waals surface area contributed by atoms with Crippen LogP contribution in [0.25, 0.3) is 0 Å². The number of ether oxygens (including phenoxy) is 1. The molecule has 1 saturated carbocycles. The molecule has 104 valence electrons. The van der Waals surface area contributed by atoms with Crippen molar-refractivity contribution >= 4 is 11.6 Å². The molecular weight excluding hydrogens is 240 g/mol. The highest BCUT2D eigenvalue weighted by molar-refractivity contribution is 5.78. The standard InChI is InChI=1S/C15H22N2O2/c1-19-14-8-7-11(9-13(14)16)10-17-15(18)12-5-3-2-4-6-12/h7-9,12H,2-6,10,16H2,1H3,(H,17,18). The van der Waals surface area contributed by atoms with Gasteiger partial charge >= 0.3 is 0 Å². The second kappa shape index (κ2) is 6.45. The molecule has 0 radical (unpaired) electrons. The van der Waals surface area contributed by atoms with Crippen molar-refractivity contribution in [1.82, 2.24) is 5.32 Å². The van der Waals surface area contributed by atoms with E-state index in [9.17, 15) is 4.79 Å². The zero-order valence-corrected chi connectivity index (χ0v) is 11.4. The van der Waals surface area contributed by atoms with E-state index in [1.165, 1.54) is 19.3 Å². The number of amides is 1. The number of hydrogen-bond donors (Lipinski definition) is 2. The third-order valence-corrected chi connectivity index (χ3v) is 3.74. The molecule has 1 amide bonds. The number of methoxy groups -OCH3 is 1. The number of nitrogen functional groups attached to an aromatic ring is 1. The summed E-state index contributed by atoms with van der Waals surface area (Å²) in [5.74, 6) is 1.04. The summed E-state index contributed by atoms with van der Waals surface area (Å²) in [4.78, 5) is 12.0. The average molecular weight is 262 g/mol. The van der Waals surface area contributed by atoms with E-state index < -0.39 is 0 Å². The maximum atomic E-state index is 12.0. The molecule has 0 aliphatic heterocycles. The summed E-state index contributed by atoms with van der Waals surface area (Å²) >= 11 is 0. The summed E-state index contributed by atoms with van der Waals surface area (Å²) in [5, 5.41) is 3.00. The molecule has 1 aliphatic carbocycles. The van der Waals surface area contributed by atoms with Crippen LogP contribution in [-0.4, -0.2) is 13.0 Å². The minimum atomic E-state index is 0.175. The van der Waals surface area contributed by atoms with Crippen molar-refractivity contribution in [3.05, 3.63) is 23.8 Å². The molecule has 0 atom stereocenters. The molecule has 0 bridgehead atoms. The molecule has 0 aromatic heterocycles. The van der Waals surface area contributed by atoms with Gasteiger partial charge in [0.25, 0.3) is 0 Å². The van der Waals surface area contributed by atoms with Crippen LogP contribution in [0.5, 0.6) is 5.75 Å². The van der Waals surface area contributed by atoms with E-state index in [4.69, 9.17) is 10.5 Å². The lowest BCUT2D eigenvalue weighted by molar-refractivity contribution is -0.126. The van der Waals surface area contributed by atoms with Gasteiger partial charge in [0.2, 0.25) is 5.91 Å². The molecule has 3 N–H and O–H groups in total. The second-order valence-electron chi connectivity index (χ2n) is 5.13. The zero-order chi connectivity index (χ0) is 13.7. The Morgan fingerprint density at radius 2 is 2.11 bits per heavy atom. The number of hydrogen-bond acceptors (Lipinski definition) is 3. The third-order valence-electron chi connectivity index (χ3n) is 3.74. The van der Waals surface area contributed by atoms with Crippen LogP contribution in [0, 0.1) is 5.92 Å². The predicted octanol–water partition coefficient (Wildman–Crippen LogP) is 2.47. The molecule has 0 spiro atoms. The van der Waals surface area contributed by atoms with E-state index in [1.54, 1.807) is 7.11 Å². The molecule has 0 heterocycles. The van der Waals surface area contributed by atoms with Gasteiger partial charge in [0.05, 0.1) is 12.8 Å². The molecule has 4 nitrogen and oxygen atoms in total. The Morgan fingerprint density at radius 3 is 2.74 bits per heavy atom. The first kappa shape index (κ1) is 13.7. The van der Waals surface area contributed by atoms with E-state index in [0.29, 0.717) is 18.0 Å². The third kappa shape index (κ3) is 3.63. The summed E-state index contributed by atoms with van der Waals surface area (Å²) in [7, 11) is 1.59. The molecule has 1 fully saturated rings. The van der Waals surface area contributed by atoms with Crippen molar-refractivity contribution in [3.8, 4) is 5.75 Å². The van der Waals surface area contributed by atoms with Gasteiger partial charge < -0.3 is 15.8 Å². The number of carbonyl (C=O) groups is 1. The first-order chi connectivity index (χ1) is 9.20. The summed E-state index contributed by atoms with van der Waals surface area (Å²) in [5.41, 5.74) is 7.45. The normalized spacial score (nSPS) is 16.1. The molecule has 19 heavy (non-hydrogen) atoms. The minimum absolute atomic E-state index is 0.175. The molecular formula is C15H22N2O2. The van der Waals surface area contributed by atoms with E-state index >= 15 is 0 Å². The number of benzene rings is 1. The Hall–Kier alpha value is -1.71. The summed E-state index contributed by atoms with van der Waals surface area (Å²) < 4.78 is 5.11. The van der Waals surface area contributed by atoms with Crippen molar-refractivity contribution in [2.24, 2.45) is 5.92 Å². The maximum Gasteiger partial charge on any atom is 0.223 e. The molecule has 0 saturated heterocycles. The quantitative estimate of drug-likeness (QED) is 0.819. The van der Waals surface area contributed by atoms with Gasteiger partial charge in [-0.15, -0.1) is 0 Å². The number of carbonyl (C=O) groups excluding carboxylic acids is 1. The fourth-order valence-electron chi connectivity index (χ4n) is 2.59. The molecule has 0 unspecified atom stereocenters. The Kier molecular flexibility index (Phi) is 4.66. The van der Waals surface area contributed by atoms with E-state index in [0.717, 1.165) is 18.4 Å². The van der Waals surface area contributed by atoms with E-state index in [2.05, 4.69) is 5.32 Å². The predicted molar refractivity (Wildman–Crippen MR) is 75.8 cm³/mol. The maximum absolute atomic E-state index is 12.0. The molecule has 1 aromatic rings. The van der Waals surface area contributed by atoms with Crippen LogP contribution in [0.1, 0.15) is 37.7 Å². The monoisotopic (exact) mass is 262 g/mol. The lowest BCUT2D eigenvalue weighted by Gasteiger charge is -2.20. The number of rotatable bonds is 4. The van der Waals surface area contributed by atoms with Gasteiger partial charge in [-0.05, 0) is 30.5 Å². The highest BCUT2D eigenvalue weighted by atomic mass is 16.5. The van der Waals surface area contributed by atoms with Crippen molar-refractivity contribution < 1.29 is 9.53 Å². The van der Waals surface area contributed by atoms with Crippen molar-refractivity contribution in [2.75, 3.05) is 12.8 Å². The molecule has 4 heteroatoms. The number of nitrogens with one attached hydrogen (secondary N) is 1. The van der Waals surface area contributed by atoms with Gasteiger partial charge in [-0.2, -0.15) is 0 Å². The van der Waals surface area contributed by atoms with Gasteiger partial charge in [-0.1, -0.05) is 25.3 Å². The minimum Gasteiger partial charge on any atom is -0.495 e. The van der Waals surface area contributed by atoms with E-state index in [-0.39, 0.29) is 11.8 Å². The Balaban J connectivity index is 1.87. The average Bonchev–Trinajstić information content (AvgIpc) is 2.46. The highest BCUT2D eigenvalue weighted by Gasteiger charge is 2.20. The lowest BCUT2D eigenvalue weighted by atomic mass is 9.88. The largest absolute Gasteiger partial charge is 0.495 e. The van der Waals surface area contributed by atoms with Gasteiger partial charge in [0, 0.05) is 12.5 Å². The van der Waals surface area contributed by atoms with Crippen molar-refractivity contribution in [1.29, 1.82) is 0 Å². The smallest absolute Gasteiger partial charge is 0.223 e. The zero-order valence-electron chi connectivity index (χ0n) is 11.4. The SMILES string of the molecule is COc1ccc(CNC(=O)C2CCCCC2)cc1N. The molecule has 2 rings (SSSR count). The van der Waals surface area contributed by atoms with Crippen LogP contribution in [0.15, 0.2) is 18.2 Å². The number of anilines is 1. The van der Waals surface area contributed by atoms with Crippen LogP contribution >= 0.6 is 0 Å². The van der Waals surface area contributed by atoms with Gasteiger partial charge in [0.15, 0.2) is 0 Å². The fourth-order valence-corrected chi connectivity index (χ4v) is 2.59. The van der Waals surface area contributed by atoms with Gasteiger partial charge in [-0.25, -0.2) is 0 Å². The van der Waals surface area contributed by atoms with Crippen molar-refractivity contribution in [2.45, 2.75) is 38.6 Å². The Bertz CT molecular complexity index is 440. The molecule has 1 aliphatic rings. The van der Waals surface area contributed by atoms with Crippen LogP contribution in [0.3, 0.4) is 0 Å². The fraction of sp³-hybridized carbons (Fsp3) is 0.533. The summed E-state index contributed by atoms with van der Waals surface area (Å²) in [6.45, 7) is 0.531. The summed E-state index contributed by atoms with van der Waals surface area (Å²) in [6, 6.07) is 5.60. The van der Waals surface area contributed by atoms with Crippen molar-refractivity contribution in [3.63, 3.8) is 0 Å². The Labute approximate surface area is 114 Å². The van der Waals surface area contributed by atoms with Crippen LogP contribution < -0.4 is 15.8 Å². The van der Waals surface area contributed by atoms with Crippen LogP contribution in [-0.2, 0) is 11.3 Å². The highest BCUT2D eigenvalue weighted by Crippen LogP contribution is 2.24. The van der Waals surface area contributed by atoms with Crippen LogP contribution in [0.2, 0.25) is 0 Å². The second-order valence-corrected chi connectivity index (χ2v) is 5.13. The number of nitrogens with two attached hydrogens (primary N) is 1. The van der Waals surface area contributed by atoms with E-state index in [1.807, 2.05) is 18.2 Å².